The molecule has 0 spiro atoms. The molecule has 1 N–H and O–H groups in total. The van der Waals surface area contributed by atoms with Gasteiger partial charge in [-0.05, 0) is 36.6 Å². The van der Waals surface area contributed by atoms with Gasteiger partial charge < -0.3 is 10.1 Å². The largest absolute Gasteiger partial charge is 0.385 e. The molecule has 0 bridgehead atoms. The molecule has 0 radical (unpaired) electrons. The molecule has 1 aromatic carbocycles. The highest BCUT2D eigenvalue weighted by Gasteiger charge is 2.05. The SMILES string of the molecule is CC(C)COCCCNc1ccc(S(C)(=O)=O)cc1. The van der Waals surface area contributed by atoms with Crippen LogP contribution < -0.4 is 5.32 Å². The van der Waals surface area contributed by atoms with Crippen LogP contribution in [0.25, 0.3) is 0 Å². The van der Waals surface area contributed by atoms with Crippen molar-refractivity contribution in [3.8, 4) is 0 Å². The Bertz CT molecular complexity index is 466. The van der Waals surface area contributed by atoms with Crippen molar-refractivity contribution in [2.45, 2.75) is 25.2 Å². The van der Waals surface area contributed by atoms with Crippen molar-refractivity contribution in [1.82, 2.24) is 0 Å². The van der Waals surface area contributed by atoms with Crippen LogP contribution >= 0.6 is 0 Å². The fourth-order valence-corrected chi connectivity index (χ4v) is 2.18. The Morgan fingerprint density at radius 1 is 1.21 bits per heavy atom. The second-order valence-corrected chi connectivity index (χ2v) is 7.06. The Labute approximate surface area is 116 Å². The molecule has 0 amide bonds. The summed E-state index contributed by atoms with van der Waals surface area (Å²) in [4.78, 5) is 0.346. The third kappa shape index (κ3) is 6.59. The Balaban J connectivity index is 2.27. The van der Waals surface area contributed by atoms with E-state index >= 15 is 0 Å². The van der Waals surface area contributed by atoms with E-state index in [2.05, 4.69) is 19.2 Å². The van der Waals surface area contributed by atoms with Crippen molar-refractivity contribution < 1.29 is 13.2 Å². The van der Waals surface area contributed by atoms with Gasteiger partial charge in [-0.15, -0.1) is 0 Å². The normalized spacial score (nSPS) is 11.8. The van der Waals surface area contributed by atoms with Gasteiger partial charge in [-0.25, -0.2) is 8.42 Å². The molecule has 0 aromatic heterocycles. The molecule has 0 atom stereocenters. The molecule has 0 aliphatic carbocycles. The van der Waals surface area contributed by atoms with E-state index in [1.807, 2.05) is 0 Å². The third-order valence-electron chi connectivity index (χ3n) is 2.53. The zero-order valence-corrected chi connectivity index (χ0v) is 12.7. The predicted molar refractivity (Wildman–Crippen MR) is 78.3 cm³/mol. The highest BCUT2D eigenvalue weighted by molar-refractivity contribution is 7.90. The summed E-state index contributed by atoms with van der Waals surface area (Å²) in [5.74, 6) is 0.566. The molecule has 0 aliphatic rings. The summed E-state index contributed by atoms with van der Waals surface area (Å²) >= 11 is 0. The Morgan fingerprint density at radius 3 is 2.37 bits per heavy atom. The van der Waals surface area contributed by atoms with E-state index in [0.29, 0.717) is 10.8 Å². The first-order valence-electron chi connectivity index (χ1n) is 6.51. The number of benzene rings is 1. The summed E-state index contributed by atoms with van der Waals surface area (Å²) in [6.07, 6.45) is 2.14. The average Bonchev–Trinajstić information content (AvgIpc) is 2.32. The van der Waals surface area contributed by atoms with Gasteiger partial charge in [0.05, 0.1) is 4.90 Å². The first-order chi connectivity index (χ1) is 8.89. The van der Waals surface area contributed by atoms with E-state index in [9.17, 15) is 8.42 Å². The molecule has 108 valence electrons. The number of hydrogen-bond acceptors (Lipinski definition) is 4. The molecule has 0 unspecified atom stereocenters. The minimum atomic E-state index is -3.11. The Hall–Kier alpha value is -1.07. The number of nitrogens with one attached hydrogen (secondary N) is 1. The van der Waals surface area contributed by atoms with Crippen LogP contribution in [-0.2, 0) is 14.6 Å². The second kappa shape index (κ2) is 7.50. The fraction of sp³-hybridized carbons (Fsp3) is 0.571. The van der Waals surface area contributed by atoms with Gasteiger partial charge in [0.2, 0.25) is 0 Å². The smallest absolute Gasteiger partial charge is 0.175 e. The summed E-state index contributed by atoms with van der Waals surface area (Å²) in [6.45, 7) is 6.61. The average molecular weight is 285 g/mol. The summed E-state index contributed by atoms with van der Waals surface area (Å²) in [7, 11) is -3.11. The molecule has 1 aromatic rings. The molecule has 19 heavy (non-hydrogen) atoms. The minimum absolute atomic E-state index is 0.346. The van der Waals surface area contributed by atoms with Crippen LogP contribution in [0, 0.1) is 5.92 Å². The van der Waals surface area contributed by atoms with Crippen LogP contribution in [-0.4, -0.2) is 34.4 Å². The molecular weight excluding hydrogens is 262 g/mol. The van der Waals surface area contributed by atoms with Crippen LogP contribution in [0.3, 0.4) is 0 Å². The molecule has 0 heterocycles. The lowest BCUT2D eigenvalue weighted by atomic mass is 10.2. The number of ether oxygens (including phenoxy) is 1. The van der Waals surface area contributed by atoms with Crippen LogP contribution in [0.15, 0.2) is 29.2 Å². The summed E-state index contributed by atoms with van der Waals surface area (Å²) in [5.41, 5.74) is 0.927. The molecule has 1 rings (SSSR count). The molecule has 5 heteroatoms. The number of rotatable bonds is 8. The zero-order valence-electron chi connectivity index (χ0n) is 11.8. The number of sulfone groups is 1. The topological polar surface area (TPSA) is 55.4 Å². The van der Waals surface area contributed by atoms with E-state index in [1.54, 1.807) is 24.3 Å². The third-order valence-corrected chi connectivity index (χ3v) is 3.66. The lowest BCUT2D eigenvalue weighted by molar-refractivity contribution is 0.110. The van der Waals surface area contributed by atoms with Crippen molar-refractivity contribution in [2.75, 3.05) is 31.3 Å². The van der Waals surface area contributed by atoms with Gasteiger partial charge in [0.1, 0.15) is 0 Å². The zero-order chi connectivity index (χ0) is 14.3. The van der Waals surface area contributed by atoms with Crippen LogP contribution in [0.2, 0.25) is 0 Å². The first-order valence-corrected chi connectivity index (χ1v) is 8.40. The lowest BCUT2D eigenvalue weighted by Gasteiger charge is -2.09. The Kier molecular flexibility index (Phi) is 6.31. The fourth-order valence-electron chi connectivity index (χ4n) is 1.55. The van der Waals surface area contributed by atoms with E-state index in [-0.39, 0.29) is 0 Å². The van der Waals surface area contributed by atoms with Gasteiger partial charge in [0, 0.05) is 31.7 Å². The van der Waals surface area contributed by atoms with Crippen LogP contribution in [0.5, 0.6) is 0 Å². The molecule has 0 fully saturated rings. The standard InChI is InChI=1S/C14H23NO3S/c1-12(2)11-18-10-4-9-15-13-5-7-14(8-6-13)19(3,16)17/h5-8,12,15H,4,9-11H2,1-3H3. The molecular formula is C14H23NO3S. The van der Waals surface area contributed by atoms with Crippen LogP contribution in [0.4, 0.5) is 5.69 Å². The molecule has 0 saturated heterocycles. The minimum Gasteiger partial charge on any atom is -0.385 e. The first kappa shape index (κ1) is 16.0. The predicted octanol–water partition coefficient (Wildman–Crippen LogP) is 2.56. The summed E-state index contributed by atoms with van der Waals surface area (Å²) in [5, 5.41) is 3.24. The molecule has 4 nitrogen and oxygen atoms in total. The Morgan fingerprint density at radius 2 is 1.84 bits per heavy atom. The van der Waals surface area contributed by atoms with E-state index in [0.717, 1.165) is 31.9 Å². The van der Waals surface area contributed by atoms with Gasteiger partial charge in [0.25, 0.3) is 0 Å². The van der Waals surface area contributed by atoms with Gasteiger partial charge >= 0.3 is 0 Å². The van der Waals surface area contributed by atoms with Crippen molar-refractivity contribution in [3.05, 3.63) is 24.3 Å². The highest BCUT2D eigenvalue weighted by atomic mass is 32.2. The summed E-state index contributed by atoms with van der Waals surface area (Å²) in [6, 6.07) is 6.80. The van der Waals surface area contributed by atoms with Gasteiger partial charge in [-0.3, -0.25) is 0 Å². The molecule has 0 aliphatic heterocycles. The van der Waals surface area contributed by atoms with Crippen LogP contribution in [0.1, 0.15) is 20.3 Å². The number of hydrogen-bond donors (Lipinski definition) is 1. The van der Waals surface area contributed by atoms with Crippen molar-refractivity contribution in [3.63, 3.8) is 0 Å². The van der Waals surface area contributed by atoms with Crippen molar-refractivity contribution in [1.29, 1.82) is 0 Å². The van der Waals surface area contributed by atoms with E-state index in [4.69, 9.17) is 4.74 Å². The monoisotopic (exact) mass is 285 g/mol. The maximum atomic E-state index is 11.3. The van der Waals surface area contributed by atoms with Gasteiger partial charge in [-0.1, -0.05) is 13.8 Å². The second-order valence-electron chi connectivity index (χ2n) is 5.05. The van der Waals surface area contributed by atoms with E-state index < -0.39 is 9.84 Å². The highest BCUT2D eigenvalue weighted by Crippen LogP contribution is 2.13. The van der Waals surface area contributed by atoms with Gasteiger partial charge in [-0.2, -0.15) is 0 Å². The van der Waals surface area contributed by atoms with Crippen molar-refractivity contribution >= 4 is 15.5 Å². The quantitative estimate of drug-likeness (QED) is 0.746. The van der Waals surface area contributed by atoms with E-state index in [1.165, 1.54) is 6.26 Å². The van der Waals surface area contributed by atoms with Gasteiger partial charge in [0.15, 0.2) is 9.84 Å². The number of anilines is 1. The molecule has 0 saturated carbocycles. The van der Waals surface area contributed by atoms with Crippen molar-refractivity contribution in [2.24, 2.45) is 5.92 Å². The maximum absolute atomic E-state index is 11.3. The summed E-state index contributed by atoms with van der Waals surface area (Å²) < 4.78 is 28.1. The lowest BCUT2D eigenvalue weighted by Crippen LogP contribution is -2.08. The maximum Gasteiger partial charge on any atom is 0.175 e.